The maximum absolute atomic E-state index is 12.3. The predicted molar refractivity (Wildman–Crippen MR) is 105 cm³/mol. The minimum Gasteiger partial charge on any atom is -0.485 e. The minimum absolute atomic E-state index is 0.138. The molecule has 0 saturated heterocycles. The fourth-order valence-corrected chi connectivity index (χ4v) is 2.67. The van der Waals surface area contributed by atoms with Gasteiger partial charge in [0.15, 0.2) is 11.5 Å². The molecule has 0 radical (unpaired) electrons. The number of ether oxygens (including phenoxy) is 3. The molecular formula is C22H18N2O4. The third-order valence-corrected chi connectivity index (χ3v) is 4.03. The van der Waals surface area contributed by atoms with Crippen molar-refractivity contribution in [2.45, 2.75) is 6.10 Å². The zero-order valence-corrected chi connectivity index (χ0v) is 14.9. The summed E-state index contributed by atoms with van der Waals surface area (Å²) in [5, 5.41) is 4.01. The van der Waals surface area contributed by atoms with E-state index in [1.54, 1.807) is 18.3 Å². The first-order chi connectivity index (χ1) is 13.8. The van der Waals surface area contributed by atoms with Crippen LogP contribution in [0.15, 0.2) is 84.0 Å². The van der Waals surface area contributed by atoms with Gasteiger partial charge in [0, 0.05) is 0 Å². The Kier molecular flexibility index (Phi) is 5.20. The van der Waals surface area contributed by atoms with Crippen LogP contribution in [-0.4, -0.2) is 24.8 Å². The van der Waals surface area contributed by atoms with Crippen LogP contribution in [0.5, 0.6) is 23.0 Å². The number of carbonyl (C=O) groups is 1. The molecule has 6 nitrogen and oxygen atoms in total. The SMILES string of the molecule is O=C(N/N=C\c1cccc(Oc2ccccc2)c1)[C@@H]1COc2ccccc2O1. The highest BCUT2D eigenvalue weighted by Crippen LogP contribution is 2.30. The van der Waals surface area contributed by atoms with Gasteiger partial charge in [-0.1, -0.05) is 42.5 Å². The van der Waals surface area contributed by atoms with Crippen LogP contribution in [0.1, 0.15) is 5.56 Å². The Morgan fingerprint density at radius 1 is 0.964 bits per heavy atom. The van der Waals surface area contributed by atoms with Crippen LogP contribution >= 0.6 is 0 Å². The number of hydrogen-bond acceptors (Lipinski definition) is 5. The number of fused-ring (bicyclic) bond motifs is 1. The van der Waals surface area contributed by atoms with Crippen molar-refractivity contribution < 1.29 is 19.0 Å². The summed E-state index contributed by atoms with van der Waals surface area (Å²) < 4.78 is 17.0. The Morgan fingerprint density at radius 2 is 1.71 bits per heavy atom. The van der Waals surface area contributed by atoms with Crippen molar-refractivity contribution in [1.82, 2.24) is 5.43 Å². The molecule has 1 heterocycles. The molecule has 1 aliphatic heterocycles. The number of hydrazone groups is 1. The van der Waals surface area contributed by atoms with E-state index in [1.165, 1.54) is 0 Å². The fourth-order valence-electron chi connectivity index (χ4n) is 2.67. The van der Waals surface area contributed by atoms with Crippen molar-refractivity contribution in [3.63, 3.8) is 0 Å². The second-order valence-electron chi connectivity index (χ2n) is 6.09. The van der Waals surface area contributed by atoms with E-state index < -0.39 is 6.10 Å². The van der Waals surface area contributed by atoms with Crippen LogP contribution in [0.25, 0.3) is 0 Å². The molecular weight excluding hydrogens is 356 g/mol. The van der Waals surface area contributed by atoms with Gasteiger partial charge in [0.25, 0.3) is 5.91 Å². The summed E-state index contributed by atoms with van der Waals surface area (Å²) in [6.45, 7) is 0.138. The molecule has 0 aromatic heterocycles. The van der Waals surface area contributed by atoms with Gasteiger partial charge in [0.1, 0.15) is 18.1 Å². The van der Waals surface area contributed by atoms with Crippen molar-refractivity contribution >= 4 is 12.1 Å². The van der Waals surface area contributed by atoms with Crippen LogP contribution < -0.4 is 19.6 Å². The molecule has 6 heteroatoms. The highest BCUT2D eigenvalue weighted by Gasteiger charge is 2.26. The molecule has 0 fully saturated rings. The average molecular weight is 374 g/mol. The number of carbonyl (C=O) groups excluding carboxylic acids is 1. The Bertz CT molecular complexity index is 989. The van der Waals surface area contributed by atoms with Gasteiger partial charge in [-0.15, -0.1) is 0 Å². The Morgan fingerprint density at radius 3 is 2.57 bits per heavy atom. The summed E-state index contributed by atoms with van der Waals surface area (Å²) in [6, 6.07) is 24.1. The first-order valence-corrected chi connectivity index (χ1v) is 8.82. The number of rotatable bonds is 5. The number of nitrogens with one attached hydrogen (secondary N) is 1. The number of amides is 1. The molecule has 0 unspecified atom stereocenters. The third-order valence-electron chi connectivity index (χ3n) is 4.03. The van der Waals surface area contributed by atoms with Gasteiger partial charge in [0.2, 0.25) is 6.10 Å². The molecule has 140 valence electrons. The Balaban J connectivity index is 1.35. The molecule has 4 rings (SSSR count). The van der Waals surface area contributed by atoms with Gasteiger partial charge in [-0.3, -0.25) is 4.79 Å². The zero-order valence-electron chi connectivity index (χ0n) is 14.9. The van der Waals surface area contributed by atoms with Crippen LogP contribution in [0.2, 0.25) is 0 Å². The van der Waals surface area contributed by atoms with Crippen LogP contribution in [0, 0.1) is 0 Å². The van der Waals surface area contributed by atoms with Crippen LogP contribution in [0.4, 0.5) is 0 Å². The van der Waals surface area contributed by atoms with E-state index in [9.17, 15) is 4.79 Å². The molecule has 0 aliphatic carbocycles. The largest absolute Gasteiger partial charge is 0.485 e. The first kappa shape index (κ1) is 17.6. The highest BCUT2D eigenvalue weighted by atomic mass is 16.6. The molecule has 0 bridgehead atoms. The monoisotopic (exact) mass is 374 g/mol. The molecule has 1 amide bonds. The minimum atomic E-state index is -0.750. The van der Waals surface area contributed by atoms with Crippen molar-refractivity contribution in [3.05, 3.63) is 84.4 Å². The van der Waals surface area contributed by atoms with Crippen molar-refractivity contribution in [2.75, 3.05) is 6.61 Å². The third kappa shape index (κ3) is 4.29. The lowest BCUT2D eigenvalue weighted by atomic mass is 10.2. The van der Waals surface area contributed by atoms with E-state index in [0.29, 0.717) is 17.2 Å². The van der Waals surface area contributed by atoms with Gasteiger partial charge in [-0.05, 0) is 42.0 Å². The number of hydrogen-bond donors (Lipinski definition) is 1. The standard InChI is InChI=1S/C22H18N2O4/c25-22(21-15-26-19-11-4-5-12-20(19)28-21)24-23-14-16-7-6-10-18(13-16)27-17-8-2-1-3-9-17/h1-14,21H,15H2,(H,24,25)/b23-14-/t21-/m0/s1. The zero-order chi connectivity index (χ0) is 19.2. The topological polar surface area (TPSA) is 69.2 Å². The summed E-state index contributed by atoms with van der Waals surface area (Å²) >= 11 is 0. The summed E-state index contributed by atoms with van der Waals surface area (Å²) in [4.78, 5) is 12.3. The van der Waals surface area contributed by atoms with Gasteiger partial charge in [0.05, 0.1) is 6.21 Å². The molecule has 28 heavy (non-hydrogen) atoms. The van der Waals surface area contributed by atoms with Crippen molar-refractivity contribution in [3.8, 4) is 23.0 Å². The van der Waals surface area contributed by atoms with Gasteiger partial charge in [-0.2, -0.15) is 5.10 Å². The summed E-state index contributed by atoms with van der Waals surface area (Å²) in [5.74, 6) is 2.23. The summed E-state index contributed by atoms with van der Waals surface area (Å²) in [5.41, 5.74) is 3.28. The van der Waals surface area contributed by atoms with Gasteiger partial charge >= 0.3 is 0 Å². The van der Waals surface area contributed by atoms with E-state index in [2.05, 4.69) is 10.5 Å². The molecule has 1 atom stereocenters. The number of para-hydroxylation sites is 3. The van der Waals surface area contributed by atoms with Gasteiger partial charge < -0.3 is 14.2 Å². The van der Waals surface area contributed by atoms with E-state index in [0.717, 1.165) is 11.3 Å². The normalized spacial score (nSPS) is 15.2. The lowest BCUT2D eigenvalue weighted by Crippen LogP contribution is -2.42. The van der Waals surface area contributed by atoms with Crippen LogP contribution in [0.3, 0.4) is 0 Å². The maximum Gasteiger partial charge on any atom is 0.284 e. The van der Waals surface area contributed by atoms with E-state index in [4.69, 9.17) is 14.2 Å². The molecule has 0 saturated carbocycles. The van der Waals surface area contributed by atoms with Gasteiger partial charge in [-0.25, -0.2) is 5.43 Å². The summed E-state index contributed by atoms with van der Waals surface area (Å²) in [6.07, 6.45) is 0.799. The second-order valence-corrected chi connectivity index (χ2v) is 6.09. The maximum atomic E-state index is 12.3. The second kappa shape index (κ2) is 8.26. The predicted octanol–water partition coefficient (Wildman–Crippen LogP) is 3.77. The quantitative estimate of drug-likeness (QED) is 0.545. The summed E-state index contributed by atoms with van der Waals surface area (Å²) in [7, 11) is 0. The molecule has 1 N–H and O–H groups in total. The average Bonchev–Trinajstić information content (AvgIpc) is 2.74. The number of benzene rings is 3. The van der Waals surface area contributed by atoms with Crippen molar-refractivity contribution in [1.29, 1.82) is 0 Å². The highest BCUT2D eigenvalue weighted by molar-refractivity contribution is 5.85. The molecule has 3 aromatic rings. The lowest BCUT2D eigenvalue weighted by molar-refractivity contribution is -0.130. The molecule has 0 spiro atoms. The van der Waals surface area contributed by atoms with E-state index in [1.807, 2.05) is 66.7 Å². The lowest BCUT2D eigenvalue weighted by Gasteiger charge is -2.24. The number of nitrogens with zero attached hydrogens (tertiary/aromatic N) is 1. The Labute approximate surface area is 162 Å². The van der Waals surface area contributed by atoms with Crippen LogP contribution in [-0.2, 0) is 4.79 Å². The van der Waals surface area contributed by atoms with E-state index in [-0.39, 0.29) is 12.5 Å². The first-order valence-electron chi connectivity index (χ1n) is 8.82. The fraction of sp³-hybridized carbons (Fsp3) is 0.0909. The molecule has 1 aliphatic rings. The van der Waals surface area contributed by atoms with Crippen molar-refractivity contribution in [2.24, 2.45) is 5.10 Å². The smallest absolute Gasteiger partial charge is 0.284 e. The van der Waals surface area contributed by atoms with E-state index >= 15 is 0 Å². The Hall–Kier alpha value is -3.80. The molecule has 3 aromatic carbocycles.